The van der Waals surface area contributed by atoms with Gasteiger partial charge in [-0.15, -0.1) is 0 Å². The number of esters is 1. The molecular formula is C21H17FN2O6S. The van der Waals surface area contributed by atoms with Gasteiger partial charge in [0.1, 0.15) is 12.4 Å². The molecule has 2 aromatic rings. The summed E-state index contributed by atoms with van der Waals surface area (Å²) in [6.07, 6.45) is 1.48. The third-order valence-corrected chi connectivity index (χ3v) is 4.95. The number of imide groups is 1. The van der Waals surface area contributed by atoms with E-state index in [0.717, 1.165) is 4.90 Å². The molecule has 1 aliphatic rings. The van der Waals surface area contributed by atoms with Gasteiger partial charge >= 0.3 is 5.97 Å². The molecule has 0 atom stereocenters. The molecule has 0 radical (unpaired) electrons. The first-order chi connectivity index (χ1) is 14.8. The minimum atomic E-state index is -0.618. The van der Waals surface area contributed by atoms with Crippen LogP contribution in [0, 0.1) is 5.82 Å². The van der Waals surface area contributed by atoms with E-state index >= 15 is 0 Å². The number of benzene rings is 2. The van der Waals surface area contributed by atoms with Crippen molar-refractivity contribution in [1.82, 2.24) is 4.90 Å². The Bertz CT molecular complexity index is 1080. The lowest BCUT2D eigenvalue weighted by Crippen LogP contribution is -2.36. The second kappa shape index (κ2) is 9.43. The molecule has 10 heteroatoms. The fourth-order valence-electron chi connectivity index (χ4n) is 2.68. The largest absolute Gasteiger partial charge is 0.493 e. The van der Waals surface area contributed by atoms with Crippen molar-refractivity contribution in [2.75, 3.05) is 19.0 Å². The van der Waals surface area contributed by atoms with E-state index in [1.165, 1.54) is 50.4 Å². The van der Waals surface area contributed by atoms with Crippen molar-refractivity contribution < 1.29 is 33.0 Å². The monoisotopic (exact) mass is 444 g/mol. The fourth-order valence-corrected chi connectivity index (χ4v) is 3.52. The van der Waals surface area contributed by atoms with Crippen molar-refractivity contribution >= 4 is 46.5 Å². The standard InChI is InChI=1S/C21H17FN2O6S/c1-12(25)30-16-8-3-13(9-17(16)29-2)10-18-20(27)24(21(28)31-18)11-19(26)23-15-6-4-14(22)5-7-15/h3-10H,11H2,1-2H3,(H,23,26)/b18-10-. The first kappa shape index (κ1) is 22.0. The molecule has 3 amide bonds. The lowest BCUT2D eigenvalue weighted by molar-refractivity contribution is -0.132. The van der Waals surface area contributed by atoms with E-state index in [2.05, 4.69) is 5.32 Å². The Hall–Kier alpha value is -3.66. The van der Waals surface area contributed by atoms with Gasteiger partial charge in [0.25, 0.3) is 11.1 Å². The zero-order valence-electron chi connectivity index (χ0n) is 16.5. The Morgan fingerprint density at radius 1 is 1.13 bits per heavy atom. The van der Waals surface area contributed by atoms with E-state index < -0.39 is 35.4 Å². The van der Waals surface area contributed by atoms with Gasteiger partial charge in [0.2, 0.25) is 5.91 Å². The number of halogens is 1. The van der Waals surface area contributed by atoms with Gasteiger partial charge in [0.15, 0.2) is 11.5 Å². The Balaban J connectivity index is 1.71. The summed E-state index contributed by atoms with van der Waals surface area (Å²) in [5, 5.41) is 1.91. The van der Waals surface area contributed by atoms with E-state index in [-0.39, 0.29) is 16.4 Å². The van der Waals surface area contributed by atoms with Crippen molar-refractivity contribution in [3.63, 3.8) is 0 Å². The number of carbonyl (C=O) groups is 4. The maximum Gasteiger partial charge on any atom is 0.308 e. The second-order valence-electron chi connectivity index (χ2n) is 6.33. The molecule has 0 aromatic heterocycles. The predicted octanol–water partition coefficient (Wildman–Crippen LogP) is 3.43. The summed E-state index contributed by atoms with van der Waals surface area (Å²) < 4.78 is 23.2. The van der Waals surface area contributed by atoms with Gasteiger partial charge in [0.05, 0.1) is 12.0 Å². The summed E-state index contributed by atoms with van der Waals surface area (Å²) in [6.45, 7) is 0.781. The van der Waals surface area contributed by atoms with Gasteiger partial charge in [-0.25, -0.2) is 4.39 Å². The van der Waals surface area contributed by atoms with Crippen molar-refractivity contribution in [2.45, 2.75) is 6.92 Å². The highest BCUT2D eigenvalue weighted by Crippen LogP contribution is 2.34. The van der Waals surface area contributed by atoms with Crippen molar-refractivity contribution in [2.24, 2.45) is 0 Å². The van der Waals surface area contributed by atoms with Crippen LogP contribution >= 0.6 is 11.8 Å². The van der Waals surface area contributed by atoms with Crippen molar-refractivity contribution in [1.29, 1.82) is 0 Å². The van der Waals surface area contributed by atoms with Crippen LogP contribution < -0.4 is 14.8 Å². The summed E-state index contributed by atoms with van der Waals surface area (Å²) >= 11 is 0.698. The average Bonchev–Trinajstić information content (AvgIpc) is 2.97. The molecule has 1 heterocycles. The molecule has 1 aliphatic heterocycles. The van der Waals surface area contributed by atoms with Crippen LogP contribution in [0.25, 0.3) is 6.08 Å². The first-order valence-electron chi connectivity index (χ1n) is 8.94. The minimum Gasteiger partial charge on any atom is -0.493 e. The van der Waals surface area contributed by atoms with E-state index in [1.54, 1.807) is 12.1 Å². The van der Waals surface area contributed by atoms with Crippen LogP contribution in [-0.4, -0.2) is 41.6 Å². The van der Waals surface area contributed by atoms with E-state index in [9.17, 15) is 23.6 Å². The zero-order chi connectivity index (χ0) is 22.5. The Morgan fingerprint density at radius 2 is 1.84 bits per heavy atom. The number of ether oxygens (including phenoxy) is 2. The number of methoxy groups -OCH3 is 1. The van der Waals surface area contributed by atoms with Crippen LogP contribution in [0.5, 0.6) is 11.5 Å². The number of hydrogen-bond acceptors (Lipinski definition) is 7. The minimum absolute atomic E-state index is 0.127. The number of nitrogens with zero attached hydrogens (tertiary/aromatic N) is 1. The van der Waals surface area contributed by atoms with Gasteiger partial charge in [-0.1, -0.05) is 6.07 Å². The fraction of sp³-hybridized carbons (Fsp3) is 0.143. The van der Waals surface area contributed by atoms with Gasteiger partial charge < -0.3 is 14.8 Å². The molecule has 31 heavy (non-hydrogen) atoms. The van der Waals surface area contributed by atoms with Crippen LogP contribution in [0.1, 0.15) is 12.5 Å². The van der Waals surface area contributed by atoms with E-state index in [0.29, 0.717) is 23.0 Å². The van der Waals surface area contributed by atoms with E-state index in [1.807, 2.05) is 0 Å². The molecule has 1 saturated heterocycles. The number of anilines is 1. The maximum absolute atomic E-state index is 13.0. The molecule has 0 aliphatic carbocycles. The van der Waals surface area contributed by atoms with Crippen LogP contribution in [0.15, 0.2) is 47.4 Å². The molecule has 1 fully saturated rings. The Morgan fingerprint density at radius 3 is 2.48 bits per heavy atom. The highest BCUT2D eigenvalue weighted by molar-refractivity contribution is 8.18. The number of rotatable bonds is 6. The lowest BCUT2D eigenvalue weighted by Gasteiger charge is -2.12. The topological polar surface area (TPSA) is 102 Å². The summed E-state index contributed by atoms with van der Waals surface area (Å²) in [7, 11) is 1.40. The van der Waals surface area contributed by atoms with Gasteiger partial charge in [-0.05, 0) is 59.8 Å². The average molecular weight is 444 g/mol. The first-order valence-corrected chi connectivity index (χ1v) is 9.75. The Labute approximate surface area is 181 Å². The van der Waals surface area contributed by atoms with Crippen LogP contribution in [0.4, 0.5) is 14.9 Å². The van der Waals surface area contributed by atoms with E-state index in [4.69, 9.17) is 9.47 Å². The third-order valence-electron chi connectivity index (χ3n) is 4.04. The van der Waals surface area contributed by atoms with Crippen LogP contribution in [-0.2, 0) is 14.4 Å². The highest BCUT2D eigenvalue weighted by atomic mass is 32.2. The second-order valence-corrected chi connectivity index (χ2v) is 7.32. The molecule has 3 rings (SSSR count). The van der Waals surface area contributed by atoms with Gasteiger partial charge in [-0.2, -0.15) is 0 Å². The molecule has 1 N–H and O–H groups in total. The van der Waals surface area contributed by atoms with Crippen molar-refractivity contribution in [3.05, 3.63) is 58.8 Å². The molecule has 8 nitrogen and oxygen atoms in total. The summed E-state index contributed by atoms with van der Waals surface area (Å²) in [5.41, 5.74) is 0.878. The summed E-state index contributed by atoms with van der Waals surface area (Å²) in [4.78, 5) is 49.1. The molecule has 2 aromatic carbocycles. The third kappa shape index (κ3) is 5.48. The molecule has 0 bridgehead atoms. The molecule has 0 saturated carbocycles. The van der Waals surface area contributed by atoms with Crippen LogP contribution in [0.3, 0.4) is 0 Å². The van der Waals surface area contributed by atoms with Crippen LogP contribution in [0.2, 0.25) is 0 Å². The zero-order valence-corrected chi connectivity index (χ0v) is 17.3. The summed E-state index contributed by atoms with van der Waals surface area (Å²) in [6, 6.07) is 9.75. The normalized spacial score (nSPS) is 14.7. The molecule has 0 unspecified atom stereocenters. The molecular weight excluding hydrogens is 427 g/mol. The highest BCUT2D eigenvalue weighted by Gasteiger charge is 2.36. The SMILES string of the molecule is COc1cc(/C=C2\SC(=O)N(CC(=O)Nc3ccc(F)cc3)C2=O)ccc1OC(C)=O. The van der Waals surface area contributed by atoms with Crippen molar-refractivity contribution in [3.8, 4) is 11.5 Å². The number of hydrogen-bond donors (Lipinski definition) is 1. The smallest absolute Gasteiger partial charge is 0.308 e. The van der Waals surface area contributed by atoms with Gasteiger partial charge in [0, 0.05) is 12.6 Å². The maximum atomic E-state index is 13.0. The summed E-state index contributed by atoms with van der Waals surface area (Å²) in [5.74, 6) is -1.67. The Kier molecular flexibility index (Phi) is 6.71. The number of carbonyl (C=O) groups excluding carboxylic acids is 4. The molecule has 0 spiro atoms. The number of thioether (sulfide) groups is 1. The number of amides is 3. The lowest BCUT2D eigenvalue weighted by atomic mass is 10.2. The quantitative estimate of drug-likeness (QED) is 0.414. The molecule has 160 valence electrons. The predicted molar refractivity (Wildman–Crippen MR) is 112 cm³/mol. The van der Waals surface area contributed by atoms with Gasteiger partial charge in [-0.3, -0.25) is 24.1 Å². The number of nitrogens with one attached hydrogen (secondary N) is 1.